The zero-order valence-electron chi connectivity index (χ0n) is 15.3. The Hall–Kier alpha value is -2.97. The number of aliphatic carboxylic acids is 2. The highest BCUT2D eigenvalue weighted by molar-refractivity contribution is 5.70. The molecule has 1 unspecified atom stereocenters. The Labute approximate surface area is 162 Å². The van der Waals surface area contributed by atoms with Gasteiger partial charge in [0.25, 0.3) is 0 Å². The molecule has 3 rings (SSSR count). The number of pyridine rings is 1. The number of nitrogens with zero attached hydrogens (tertiary/aromatic N) is 2. The Morgan fingerprint density at radius 2 is 2.11 bits per heavy atom. The third kappa shape index (κ3) is 5.28. The maximum atomic E-state index is 11.4. The van der Waals surface area contributed by atoms with Crippen LogP contribution in [0.2, 0.25) is 0 Å². The van der Waals surface area contributed by atoms with Crippen LogP contribution in [0.4, 0.5) is 0 Å². The van der Waals surface area contributed by atoms with Crippen LogP contribution >= 0.6 is 0 Å². The van der Waals surface area contributed by atoms with Crippen LogP contribution < -0.4 is 4.74 Å². The first-order chi connectivity index (χ1) is 13.5. The van der Waals surface area contributed by atoms with Crippen molar-refractivity contribution in [1.82, 2.24) is 9.88 Å². The van der Waals surface area contributed by atoms with Gasteiger partial charge in [-0.3, -0.25) is 14.7 Å². The Morgan fingerprint density at radius 3 is 2.82 bits per heavy atom. The van der Waals surface area contributed by atoms with Gasteiger partial charge in [0, 0.05) is 37.0 Å². The van der Waals surface area contributed by atoms with E-state index in [1.54, 1.807) is 12.3 Å². The van der Waals surface area contributed by atoms with Crippen LogP contribution in [0, 0.1) is 5.92 Å². The molecule has 0 saturated carbocycles. The smallest absolute Gasteiger partial charge is 0.341 e. The normalized spacial score (nSPS) is 17.6. The number of hydrogen-bond acceptors (Lipinski definition) is 6. The highest BCUT2D eigenvalue weighted by Crippen LogP contribution is 2.27. The molecule has 1 saturated heterocycles. The number of carboxylic acid groups (broad SMARTS) is 2. The molecule has 1 fully saturated rings. The summed E-state index contributed by atoms with van der Waals surface area (Å²) in [5, 5.41) is 18.3. The van der Waals surface area contributed by atoms with E-state index in [0.29, 0.717) is 32.0 Å². The highest BCUT2D eigenvalue weighted by atomic mass is 16.5. The number of carboxylic acids is 2. The predicted octanol–water partition coefficient (Wildman–Crippen LogP) is 1.75. The lowest BCUT2D eigenvalue weighted by Gasteiger charge is -2.23. The molecule has 2 aromatic rings. The first-order valence-corrected chi connectivity index (χ1v) is 8.95. The van der Waals surface area contributed by atoms with Crippen LogP contribution in [-0.2, 0) is 20.9 Å². The van der Waals surface area contributed by atoms with Crippen LogP contribution in [0.15, 0.2) is 42.6 Å². The van der Waals surface area contributed by atoms with Gasteiger partial charge in [-0.15, -0.1) is 0 Å². The third-order valence-electron chi connectivity index (χ3n) is 4.46. The van der Waals surface area contributed by atoms with Crippen molar-refractivity contribution in [2.75, 3.05) is 32.9 Å². The molecule has 2 N–H and O–H groups in total. The molecule has 1 atom stereocenters. The average Bonchev–Trinajstić information content (AvgIpc) is 2.93. The molecule has 8 heteroatoms. The second-order valence-electron chi connectivity index (χ2n) is 6.57. The molecule has 148 valence electrons. The minimum Gasteiger partial charge on any atom is -0.482 e. The van der Waals surface area contributed by atoms with Crippen LogP contribution in [-0.4, -0.2) is 64.9 Å². The van der Waals surface area contributed by atoms with E-state index in [2.05, 4.69) is 4.98 Å². The summed E-state index contributed by atoms with van der Waals surface area (Å²) in [6.45, 7) is 1.52. The molecule has 1 aliphatic rings. The van der Waals surface area contributed by atoms with Gasteiger partial charge in [0.05, 0.1) is 24.8 Å². The number of benzene rings is 1. The van der Waals surface area contributed by atoms with Crippen molar-refractivity contribution in [2.24, 2.45) is 5.92 Å². The summed E-state index contributed by atoms with van der Waals surface area (Å²) in [6.07, 6.45) is 1.70. The van der Waals surface area contributed by atoms with Gasteiger partial charge in [-0.25, -0.2) is 4.79 Å². The second kappa shape index (κ2) is 9.29. The molecule has 2 heterocycles. The third-order valence-corrected chi connectivity index (χ3v) is 4.46. The summed E-state index contributed by atoms with van der Waals surface area (Å²) in [7, 11) is 0. The van der Waals surface area contributed by atoms with Crippen molar-refractivity contribution in [2.45, 2.75) is 6.54 Å². The molecular formula is C20H22N2O6. The topological polar surface area (TPSA) is 109 Å². The Bertz CT molecular complexity index is 827. The molecule has 0 amide bonds. The van der Waals surface area contributed by atoms with Gasteiger partial charge in [0.1, 0.15) is 5.75 Å². The Kier molecular flexibility index (Phi) is 6.57. The van der Waals surface area contributed by atoms with Gasteiger partial charge in [-0.05, 0) is 30.3 Å². The van der Waals surface area contributed by atoms with Gasteiger partial charge in [-0.1, -0.05) is 6.07 Å². The van der Waals surface area contributed by atoms with Crippen LogP contribution in [0.3, 0.4) is 0 Å². The molecule has 0 bridgehead atoms. The van der Waals surface area contributed by atoms with Crippen LogP contribution in [0.1, 0.15) is 5.56 Å². The first-order valence-electron chi connectivity index (χ1n) is 8.95. The monoisotopic (exact) mass is 386 g/mol. The molecule has 1 aromatic heterocycles. The molecule has 1 aromatic carbocycles. The van der Waals surface area contributed by atoms with E-state index in [9.17, 15) is 14.7 Å². The molecule has 0 spiro atoms. The van der Waals surface area contributed by atoms with Gasteiger partial charge < -0.3 is 19.7 Å². The standard InChI is InChI=1S/C20H22N2O6/c23-19(24)13-28-18-5-4-14(17-3-1-2-6-21-17)9-15(18)10-22-7-8-27-12-16(11-22)20(25)26/h1-6,9,16H,7-8,10-13H2,(H,23,24)(H,25,26). The number of hydrogen-bond donors (Lipinski definition) is 2. The van der Waals surface area contributed by atoms with Gasteiger partial charge in [0.15, 0.2) is 6.61 Å². The lowest BCUT2D eigenvalue weighted by molar-refractivity contribution is -0.143. The quantitative estimate of drug-likeness (QED) is 0.741. The van der Waals surface area contributed by atoms with Gasteiger partial charge >= 0.3 is 11.9 Å². The molecule has 8 nitrogen and oxygen atoms in total. The lowest BCUT2D eigenvalue weighted by Crippen LogP contribution is -2.33. The first kappa shape index (κ1) is 19.8. The fourth-order valence-corrected chi connectivity index (χ4v) is 3.08. The summed E-state index contributed by atoms with van der Waals surface area (Å²) in [5.41, 5.74) is 2.44. The fraction of sp³-hybridized carbons (Fsp3) is 0.350. The molecule has 28 heavy (non-hydrogen) atoms. The minimum atomic E-state index is -1.06. The molecule has 0 aliphatic carbocycles. The van der Waals surface area contributed by atoms with E-state index in [0.717, 1.165) is 16.8 Å². The van der Waals surface area contributed by atoms with Gasteiger partial charge in [-0.2, -0.15) is 0 Å². The van der Waals surface area contributed by atoms with Crippen molar-refractivity contribution in [3.8, 4) is 17.0 Å². The zero-order chi connectivity index (χ0) is 19.9. The number of ether oxygens (including phenoxy) is 2. The number of aromatic nitrogens is 1. The lowest BCUT2D eigenvalue weighted by atomic mass is 10.0. The van der Waals surface area contributed by atoms with Crippen molar-refractivity contribution in [3.63, 3.8) is 0 Å². The summed E-state index contributed by atoms with van der Waals surface area (Å²) >= 11 is 0. The SMILES string of the molecule is O=C(O)COc1ccc(-c2ccccn2)cc1CN1CCOCC(C(=O)O)C1. The van der Waals surface area contributed by atoms with Crippen LogP contribution in [0.5, 0.6) is 5.75 Å². The van der Waals surface area contributed by atoms with Crippen molar-refractivity contribution in [3.05, 3.63) is 48.2 Å². The predicted molar refractivity (Wildman–Crippen MR) is 100 cm³/mol. The van der Waals surface area contributed by atoms with E-state index >= 15 is 0 Å². The van der Waals surface area contributed by atoms with Gasteiger partial charge in [0.2, 0.25) is 0 Å². The van der Waals surface area contributed by atoms with Crippen LogP contribution in [0.25, 0.3) is 11.3 Å². The Morgan fingerprint density at radius 1 is 1.25 bits per heavy atom. The Balaban J connectivity index is 1.86. The molecular weight excluding hydrogens is 364 g/mol. The largest absolute Gasteiger partial charge is 0.482 e. The number of carbonyl (C=O) groups is 2. The second-order valence-corrected chi connectivity index (χ2v) is 6.57. The van der Waals surface area contributed by atoms with Crippen molar-refractivity contribution in [1.29, 1.82) is 0 Å². The summed E-state index contributed by atoms with van der Waals surface area (Å²) < 4.78 is 10.8. The van der Waals surface area contributed by atoms with E-state index < -0.39 is 24.5 Å². The minimum absolute atomic E-state index is 0.183. The molecule has 1 aliphatic heterocycles. The maximum absolute atomic E-state index is 11.4. The fourth-order valence-electron chi connectivity index (χ4n) is 3.08. The maximum Gasteiger partial charge on any atom is 0.341 e. The zero-order valence-corrected chi connectivity index (χ0v) is 15.3. The highest BCUT2D eigenvalue weighted by Gasteiger charge is 2.25. The molecule has 0 radical (unpaired) electrons. The van der Waals surface area contributed by atoms with Crippen molar-refractivity contribution >= 4 is 11.9 Å². The number of rotatable bonds is 7. The summed E-state index contributed by atoms with van der Waals surface area (Å²) in [6, 6.07) is 11.1. The van der Waals surface area contributed by atoms with E-state index in [1.807, 2.05) is 35.2 Å². The van der Waals surface area contributed by atoms with E-state index in [4.69, 9.17) is 14.6 Å². The van der Waals surface area contributed by atoms with Crippen molar-refractivity contribution < 1.29 is 29.3 Å². The van der Waals surface area contributed by atoms with E-state index in [1.165, 1.54) is 0 Å². The van der Waals surface area contributed by atoms with E-state index in [-0.39, 0.29) is 6.61 Å². The summed E-state index contributed by atoms with van der Waals surface area (Å²) in [5.74, 6) is -2.10. The summed E-state index contributed by atoms with van der Waals surface area (Å²) in [4.78, 5) is 28.6. The average molecular weight is 386 g/mol.